The maximum Gasteiger partial charge on any atom is 0.0631 e. The lowest BCUT2D eigenvalue weighted by Crippen LogP contribution is -2.15. The van der Waals surface area contributed by atoms with E-state index in [9.17, 15) is 10.2 Å². The van der Waals surface area contributed by atoms with E-state index >= 15 is 0 Å². The summed E-state index contributed by atoms with van der Waals surface area (Å²) in [5.41, 5.74) is 0. The highest BCUT2D eigenvalue weighted by Crippen LogP contribution is 2.39. The van der Waals surface area contributed by atoms with Gasteiger partial charge in [-0.1, -0.05) is 12.2 Å². The molecule has 1 fully saturated rings. The molecule has 0 aliphatic heterocycles. The largest absolute Gasteiger partial charge is 0.393 e. The maximum atomic E-state index is 9.37. The van der Waals surface area contributed by atoms with Crippen molar-refractivity contribution in [3.05, 3.63) is 12.2 Å². The number of hydrogen-bond acceptors (Lipinski definition) is 2. The van der Waals surface area contributed by atoms with E-state index in [1.54, 1.807) is 0 Å². The SMILES string of the molecule is OC1CC(O)C2CC=CC12. The van der Waals surface area contributed by atoms with E-state index in [4.69, 9.17) is 0 Å². The Morgan fingerprint density at radius 2 is 2.00 bits per heavy atom. The van der Waals surface area contributed by atoms with Crippen LogP contribution in [0.25, 0.3) is 0 Å². The fourth-order valence-corrected chi connectivity index (χ4v) is 2.10. The molecular weight excluding hydrogens is 128 g/mol. The molecule has 2 nitrogen and oxygen atoms in total. The molecule has 56 valence electrons. The van der Waals surface area contributed by atoms with Gasteiger partial charge >= 0.3 is 0 Å². The first kappa shape index (κ1) is 6.38. The van der Waals surface area contributed by atoms with E-state index in [1.165, 1.54) is 0 Å². The van der Waals surface area contributed by atoms with Crippen molar-refractivity contribution in [3.63, 3.8) is 0 Å². The van der Waals surface area contributed by atoms with Crippen LogP contribution in [0, 0.1) is 11.8 Å². The predicted molar refractivity (Wildman–Crippen MR) is 37.4 cm³/mol. The molecule has 10 heavy (non-hydrogen) atoms. The molecule has 2 rings (SSSR count). The Bertz CT molecular complexity index is 165. The molecule has 4 atom stereocenters. The average molecular weight is 140 g/mol. The minimum absolute atomic E-state index is 0.245. The molecule has 0 spiro atoms. The second-order valence-corrected chi connectivity index (χ2v) is 3.28. The molecule has 2 N–H and O–H groups in total. The van der Waals surface area contributed by atoms with Crippen molar-refractivity contribution in [2.75, 3.05) is 0 Å². The highest BCUT2D eigenvalue weighted by molar-refractivity contribution is 5.10. The molecule has 0 amide bonds. The second kappa shape index (κ2) is 2.07. The monoisotopic (exact) mass is 140 g/mol. The lowest BCUT2D eigenvalue weighted by Gasteiger charge is -2.12. The zero-order chi connectivity index (χ0) is 7.14. The summed E-state index contributed by atoms with van der Waals surface area (Å²) in [5, 5.41) is 18.7. The van der Waals surface area contributed by atoms with Crippen LogP contribution in [0.4, 0.5) is 0 Å². The van der Waals surface area contributed by atoms with Gasteiger partial charge in [0.25, 0.3) is 0 Å². The summed E-state index contributed by atoms with van der Waals surface area (Å²) in [6.07, 6.45) is 5.04. The third-order valence-electron chi connectivity index (χ3n) is 2.68. The van der Waals surface area contributed by atoms with Gasteiger partial charge in [-0.15, -0.1) is 0 Å². The Morgan fingerprint density at radius 1 is 1.20 bits per heavy atom. The quantitative estimate of drug-likeness (QED) is 0.475. The number of fused-ring (bicyclic) bond motifs is 1. The molecule has 4 unspecified atom stereocenters. The molecule has 0 aromatic heterocycles. The summed E-state index contributed by atoms with van der Waals surface area (Å²) < 4.78 is 0. The first-order valence-electron chi connectivity index (χ1n) is 3.82. The summed E-state index contributed by atoms with van der Waals surface area (Å²) >= 11 is 0. The van der Waals surface area contributed by atoms with E-state index in [2.05, 4.69) is 6.08 Å². The summed E-state index contributed by atoms with van der Waals surface area (Å²) in [6, 6.07) is 0. The van der Waals surface area contributed by atoms with Crippen molar-refractivity contribution in [1.82, 2.24) is 0 Å². The van der Waals surface area contributed by atoms with Crippen LogP contribution in [-0.2, 0) is 0 Å². The molecule has 0 aromatic rings. The number of aliphatic hydroxyl groups is 2. The van der Waals surface area contributed by atoms with Crippen LogP contribution in [0.3, 0.4) is 0 Å². The zero-order valence-corrected chi connectivity index (χ0v) is 5.77. The Morgan fingerprint density at radius 3 is 2.70 bits per heavy atom. The Labute approximate surface area is 60.2 Å². The summed E-state index contributed by atoms with van der Waals surface area (Å²) in [5.74, 6) is 0.560. The highest BCUT2D eigenvalue weighted by Gasteiger charge is 2.41. The molecular formula is C8H12O2. The van der Waals surface area contributed by atoms with Crippen LogP contribution in [0.5, 0.6) is 0 Å². The van der Waals surface area contributed by atoms with Crippen LogP contribution in [0.15, 0.2) is 12.2 Å². The number of aliphatic hydroxyl groups excluding tert-OH is 2. The second-order valence-electron chi connectivity index (χ2n) is 3.28. The van der Waals surface area contributed by atoms with Crippen molar-refractivity contribution >= 4 is 0 Å². The summed E-state index contributed by atoms with van der Waals surface area (Å²) in [6.45, 7) is 0. The van der Waals surface area contributed by atoms with E-state index < -0.39 is 0 Å². The van der Waals surface area contributed by atoms with Gasteiger partial charge in [0.1, 0.15) is 0 Å². The van der Waals surface area contributed by atoms with Crippen LogP contribution in [0.2, 0.25) is 0 Å². The van der Waals surface area contributed by atoms with Gasteiger partial charge < -0.3 is 10.2 Å². The molecule has 2 aliphatic carbocycles. The summed E-state index contributed by atoms with van der Waals surface area (Å²) in [4.78, 5) is 0. The zero-order valence-electron chi connectivity index (χ0n) is 5.77. The normalized spacial score (nSPS) is 51.8. The van der Waals surface area contributed by atoms with Gasteiger partial charge in [-0.3, -0.25) is 0 Å². The lowest BCUT2D eigenvalue weighted by atomic mass is 9.98. The lowest BCUT2D eigenvalue weighted by molar-refractivity contribution is 0.120. The minimum Gasteiger partial charge on any atom is -0.393 e. The van der Waals surface area contributed by atoms with Crippen molar-refractivity contribution < 1.29 is 10.2 Å². The number of hydrogen-bond donors (Lipinski definition) is 2. The maximum absolute atomic E-state index is 9.37. The third-order valence-corrected chi connectivity index (χ3v) is 2.68. The van der Waals surface area contributed by atoms with E-state index in [-0.39, 0.29) is 18.1 Å². The van der Waals surface area contributed by atoms with Crippen molar-refractivity contribution in [2.24, 2.45) is 11.8 Å². The van der Waals surface area contributed by atoms with Crippen molar-refractivity contribution in [2.45, 2.75) is 25.0 Å². The van der Waals surface area contributed by atoms with Gasteiger partial charge in [0.15, 0.2) is 0 Å². The fourth-order valence-electron chi connectivity index (χ4n) is 2.10. The molecule has 0 bridgehead atoms. The smallest absolute Gasteiger partial charge is 0.0631 e. The number of allylic oxidation sites excluding steroid dienone is 1. The Balaban J connectivity index is 2.17. The summed E-state index contributed by atoms with van der Waals surface area (Å²) in [7, 11) is 0. The van der Waals surface area contributed by atoms with Crippen LogP contribution in [0.1, 0.15) is 12.8 Å². The third kappa shape index (κ3) is 0.724. The molecule has 0 radical (unpaired) electrons. The fraction of sp³-hybridized carbons (Fsp3) is 0.750. The predicted octanol–water partition coefficient (Wildman–Crippen LogP) is 0.304. The van der Waals surface area contributed by atoms with E-state index in [0.717, 1.165) is 6.42 Å². The van der Waals surface area contributed by atoms with E-state index in [1.807, 2.05) is 6.08 Å². The topological polar surface area (TPSA) is 40.5 Å². The van der Waals surface area contributed by atoms with Gasteiger partial charge in [-0.05, 0) is 12.3 Å². The van der Waals surface area contributed by atoms with Crippen molar-refractivity contribution in [3.8, 4) is 0 Å². The molecule has 0 heterocycles. The van der Waals surface area contributed by atoms with Crippen LogP contribution in [-0.4, -0.2) is 22.4 Å². The van der Waals surface area contributed by atoms with Crippen molar-refractivity contribution in [1.29, 1.82) is 0 Å². The number of rotatable bonds is 0. The van der Waals surface area contributed by atoms with E-state index in [0.29, 0.717) is 12.3 Å². The molecule has 2 aliphatic rings. The molecule has 2 heteroatoms. The van der Waals surface area contributed by atoms with Gasteiger partial charge in [0.2, 0.25) is 0 Å². The van der Waals surface area contributed by atoms with Crippen LogP contribution >= 0.6 is 0 Å². The standard InChI is InChI=1S/C8H12O2/c9-7-4-8(10)6-3-1-2-5(6)7/h1-2,5-10H,3-4H2. The first-order chi connectivity index (χ1) is 4.79. The minimum atomic E-state index is -0.293. The molecule has 0 saturated heterocycles. The van der Waals surface area contributed by atoms with Gasteiger partial charge in [-0.2, -0.15) is 0 Å². The van der Waals surface area contributed by atoms with Crippen LogP contribution < -0.4 is 0 Å². The van der Waals surface area contributed by atoms with Gasteiger partial charge in [-0.25, -0.2) is 0 Å². The average Bonchev–Trinajstić information content (AvgIpc) is 2.39. The highest BCUT2D eigenvalue weighted by atomic mass is 16.3. The molecule has 1 saturated carbocycles. The molecule has 0 aromatic carbocycles. The Kier molecular flexibility index (Phi) is 1.32. The van der Waals surface area contributed by atoms with Gasteiger partial charge in [0.05, 0.1) is 12.2 Å². The Hall–Kier alpha value is -0.340. The van der Waals surface area contributed by atoms with Gasteiger partial charge in [0, 0.05) is 12.3 Å². The first-order valence-corrected chi connectivity index (χ1v) is 3.82.